The van der Waals surface area contributed by atoms with Crippen molar-refractivity contribution in [3.8, 4) is 0 Å². The quantitative estimate of drug-likeness (QED) is 0.469. The molecule has 3 atom stereocenters. The Hall–Kier alpha value is -1.11. The number of aromatic nitrogens is 2. The molecule has 2 heterocycles. The van der Waals surface area contributed by atoms with E-state index < -0.39 is 23.4 Å². The Bertz CT molecular complexity index is 654. The highest BCUT2D eigenvalue weighted by molar-refractivity contribution is 6.30. The van der Waals surface area contributed by atoms with Crippen LogP contribution in [-0.2, 0) is 14.3 Å². The van der Waals surface area contributed by atoms with Crippen molar-refractivity contribution < 1.29 is 14.3 Å². The number of alkyl halides is 1. The van der Waals surface area contributed by atoms with Crippen LogP contribution in [-0.4, -0.2) is 33.6 Å². The third-order valence-corrected chi connectivity index (χ3v) is 4.38. The van der Waals surface area contributed by atoms with Crippen LogP contribution in [0.2, 0.25) is 5.15 Å². The maximum Gasteiger partial charge on any atom is 0.351 e. The summed E-state index contributed by atoms with van der Waals surface area (Å²) in [6, 6.07) is 0. The monoisotopic (exact) mass is 362 g/mol. The highest BCUT2D eigenvalue weighted by atomic mass is 35.5. The molecule has 1 fully saturated rings. The topological polar surface area (TPSA) is 70.4 Å². The van der Waals surface area contributed by atoms with E-state index in [4.69, 9.17) is 32.7 Å². The van der Waals surface area contributed by atoms with Gasteiger partial charge in [0.25, 0.3) is 0 Å². The van der Waals surface area contributed by atoms with Gasteiger partial charge < -0.3 is 9.47 Å². The van der Waals surface area contributed by atoms with Gasteiger partial charge in [-0.05, 0) is 27.7 Å². The molecule has 0 aliphatic carbocycles. The fourth-order valence-corrected chi connectivity index (χ4v) is 2.54. The zero-order valence-electron chi connectivity index (χ0n) is 13.5. The molecule has 1 aliphatic rings. The lowest BCUT2D eigenvalue weighted by Gasteiger charge is -2.20. The van der Waals surface area contributed by atoms with Crippen LogP contribution in [0.15, 0.2) is 11.0 Å². The number of aryl methyl sites for hydroxylation is 1. The number of halogens is 2. The molecule has 0 spiro atoms. The van der Waals surface area contributed by atoms with Crippen LogP contribution < -0.4 is 5.69 Å². The first kappa shape index (κ1) is 18.2. The van der Waals surface area contributed by atoms with Crippen LogP contribution in [0.3, 0.4) is 0 Å². The zero-order valence-corrected chi connectivity index (χ0v) is 15.0. The van der Waals surface area contributed by atoms with E-state index in [2.05, 4.69) is 4.98 Å². The van der Waals surface area contributed by atoms with Crippen LogP contribution in [0.5, 0.6) is 0 Å². The molecule has 1 saturated heterocycles. The molecule has 2 rings (SSSR count). The molecule has 6 nitrogen and oxygen atoms in total. The molecule has 0 aromatic carbocycles. The van der Waals surface area contributed by atoms with Crippen LogP contribution >= 0.6 is 23.2 Å². The number of carbonyl (C=O) groups excluding carboxylic acids is 1. The molecule has 1 aromatic heterocycles. The third kappa shape index (κ3) is 4.25. The normalized spacial score (nSPS) is 24.7. The van der Waals surface area contributed by atoms with Gasteiger partial charge in [-0.15, -0.1) is 11.6 Å². The van der Waals surface area contributed by atoms with Gasteiger partial charge in [-0.25, -0.2) is 4.79 Å². The third-order valence-electron chi connectivity index (χ3n) is 3.54. The maximum atomic E-state index is 11.9. The number of nitrogens with zero attached hydrogens (tertiary/aromatic N) is 2. The minimum atomic E-state index is -0.589. The Morgan fingerprint density at radius 2 is 2.17 bits per heavy atom. The van der Waals surface area contributed by atoms with E-state index in [1.807, 2.05) is 0 Å². The molecular weight excluding hydrogens is 343 g/mol. The number of hydrogen-bond donors (Lipinski definition) is 0. The predicted octanol–water partition coefficient (Wildman–Crippen LogP) is 2.69. The van der Waals surface area contributed by atoms with Crippen molar-refractivity contribution in [1.29, 1.82) is 0 Å². The second-order valence-corrected chi connectivity index (χ2v) is 7.55. The molecule has 0 N–H and O–H groups in total. The molecule has 1 aliphatic heterocycles. The molecular formula is C15H20Cl2N2O4. The summed E-state index contributed by atoms with van der Waals surface area (Å²) < 4.78 is 12.4. The first-order chi connectivity index (χ1) is 10.6. The van der Waals surface area contributed by atoms with Gasteiger partial charge in [0.2, 0.25) is 0 Å². The van der Waals surface area contributed by atoms with E-state index in [0.29, 0.717) is 12.0 Å². The van der Waals surface area contributed by atoms with Gasteiger partial charge in [-0.2, -0.15) is 4.98 Å². The lowest BCUT2D eigenvalue weighted by Crippen LogP contribution is -2.31. The second kappa shape index (κ2) is 6.79. The highest BCUT2D eigenvalue weighted by Gasteiger charge is 2.37. The highest BCUT2D eigenvalue weighted by Crippen LogP contribution is 2.32. The molecule has 1 aromatic rings. The summed E-state index contributed by atoms with van der Waals surface area (Å²) in [6.07, 6.45) is 0.986. The Kier molecular flexibility index (Phi) is 5.38. The largest absolute Gasteiger partial charge is 0.462 e. The zero-order chi connectivity index (χ0) is 17.4. The first-order valence-electron chi connectivity index (χ1n) is 7.31. The average molecular weight is 363 g/mol. The Morgan fingerprint density at radius 3 is 2.78 bits per heavy atom. The van der Waals surface area contributed by atoms with Gasteiger partial charge in [0.15, 0.2) is 0 Å². The second-order valence-electron chi connectivity index (χ2n) is 6.63. The minimum absolute atomic E-state index is 0.0511. The Balaban J connectivity index is 2.06. The number of carbonyl (C=O) groups is 1. The van der Waals surface area contributed by atoms with Crippen LogP contribution in [0.25, 0.3) is 0 Å². The number of rotatable bonds is 3. The standard InChI is InChI=1S/C15H20Cl2N2O4/c1-8-6-19(14(21)18-12(8)17)11-5-9(16)10(23-11)7-22-13(20)15(2,3)4/h6,9-11H,5,7H2,1-4H3/t9-,10+,11+/m0/s1. The molecule has 0 amide bonds. The SMILES string of the molecule is Cc1cn([C@H]2C[C@H](Cl)[C@@H](COC(=O)C(C)(C)C)O2)c(=O)nc1Cl. The molecule has 23 heavy (non-hydrogen) atoms. The van der Waals surface area contributed by atoms with Crippen molar-refractivity contribution in [2.45, 2.75) is 51.8 Å². The number of ether oxygens (including phenoxy) is 2. The van der Waals surface area contributed by atoms with Crippen molar-refractivity contribution in [1.82, 2.24) is 9.55 Å². The smallest absolute Gasteiger partial charge is 0.351 e. The summed E-state index contributed by atoms with van der Waals surface area (Å²) in [5.41, 5.74) is -0.418. The summed E-state index contributed by atoms with van der Waals surface area (Å²) in [7, 11) is 0. The molecule has 128 valence electrons. The predicted molar refractivity (Wildman–Crippen MR) is 86.8 cm³/mol. The van der Waals surface area contributed by atoms with E-state index in [1.54, 1.807) is 33.9 Å². The van der Waals surface area contributed by atoms with E-state index >= 15 is 0 Å². The lowest BCUT2D eigenvalue weighted by molar-refractivity contribution is -0.157. The van der Waals surface area contributed by atoms with E-state index in [1.165, 1.54) is 4.57 Å². The molecule has 8 heteroatoms. The van der Waals surface area contributed by atoms with Crippen molar-refractivity contribution in [2.24, 2.45) is 5.41 Å². The van der Waals surface area contributed by atoms with E-state index in [9.17, 15) is 9.59 Å². The minimum Gasteiger partial charge on any atom is -0.462 e. The Morgan fingerprint density at radius 1 is 1.52 bits per heavy atom. The van der Waals surface area contributed by atoms with Crippen LogP contribution in [0.1, 0.15) is 39.0 Å². The summed E-state index contributed by atoms with van der Waals surface area (Å²) in [4.78, 5) is 27.5. The summed E-state index contributed by atoms with van der Waals surface area (Å²) in [5, 5.41) is -0.196. The van der Waals surface area contributed by atoms with Gasteiger partial charge in [0, 0.05) is 18.2 Å². The number of esters is 1. The van der Waals surface area contributed by atoms with Gasteiger partial charge >= 0.3 is 11.7 Å². The van der Waals surface area contributed by atoms with Gasteiger partial charge in [0.05, 0.1) is 10.8 Å². The summed E-state index contributed by atoms with van der Waals surface area (Å²) in [5.74, 6) is -0.324. The summed E-state index contributed by atoms with van der Waals surface area (Å²) in [6.45, 7) is 7.12. The van der Waals surface area contributed by atoms with E-state index in [0.717, 1.165) is 0 Å². The first-order valence-corrected chi connectivity index (χ1v) is 8.13. The van der Waals surface area contributed by atoms with Crippen LogP contribution in [0, 0.1) is 12.3 Å². The van der Waals surface area contributed by atoms with Crippen molar-refractivity contribution in [3.63, 3.8) is 0 Å². The van der Waals surface area contributed by atoms with Gasteiger partial charge in [0.1, 0.15) is 24.1 Å². The fourth-order valence-electron chi connectivity index (χ4n) is 2.14. The summed E-state index contributed by atoms with van der Waals surface area (Å²) >= 11 is 12.1. The van der Waals surface area contributed by atoms with Crippen molar-refractivity contribution in [2.75, 3.05) is 6.61 Å². The average Bonchev–Trinajstić information content (AvgIpc) is 2.80. The molecule has 0 unspecified atom stereocenters. The Labute approximate surface area is 144 Å². The lowest BCUT2D eigenvalue weighted by atomic mass is 9.97. The fraction of sp³-hybridized carbons (Fsp3) is 0.667. The van der Waals surface area contributed by atoms with Gasteiger partial charge in [-0.3, -0.25) is 9.36 Å². The van der Waals surface area contributed by atoms with Gasteiger partial charge in [-0.1, -0.05) is 11.6 Å². The number of hydrogen-bond acceptors (Lipinski definition) is 5. The van der Waals surface area contributed by atoms with Crippen molar-refractivity contribution >= 4 is 29.2 Å². The van der Waals surface area contributed by atoms with E-state index in [-0.39, 0.29) is 23.1 Å². The molecule has 0 bridgehead atoms. The maximum absolute atomic E-state index is 11.9. The molecule has 0 saturated carbocycles. The van der Waals surface area contributed by atoms with Crippen LogP contribution in [0.4, 0.5) is 0 Å². The van der Waals surface area contributed by atoms with Crippen molar-refractivity contribution in [3.05, 3.63) is 27.4 Å². The molecule has 0 radical (unpaired) electrons.